The summed E-state index contributed by atoms with van der Waals surface area (Å²) < 4.78 is 0. The molecule has 4 nitrogen and oxygen atoms in total. The summed E-state index contributed by atoms with van der Waals surface area (Å²) in [7, 11) is 0. The van der Waals surface area contributed by atoms with Gasteiger partial charge in [0.15, 0.2) is 0 Å². The number of hydrogen-bond acceptors (Lipinski definition) is 2. The van der Waals surface area contributed by atoms with Gasteiger partial charge in [-0.25, -0.2) is 9.97 Å². The lowest BCUT2D eigenvalue weighted by Gasteiger charge is -2.12. The molecule has 0 saturated heterocycles. The van der Waals surface area contributed by atoms with Gasteiger partial charge in [0.1, 0.15) is 0 Å². The lowest BCUT2D eigenvalue weighted by Crippen LogP contribution is -1.90. The number of H-pyrrole nitrogens is 2. The van der Waals surface area contributed by atoms with E-state index in [2.05, 4.69) is 284 Å². The normalized spacial score (nSPS) is 12.1. The van der Waals surface area contributed by atoms with Crippen LogP contribution in [-0.2, 0) is 0 Å². The van der Waals surface area contributed by atoms with Crippen molar-refractivity contribution < 1.29 is 0 Å². The molecule has 14 aromatic rings. The van der Waals surface area contributed by atoms with Gasteiger partial charge >= 0.3 is 0 Å². The summed E-state index contributed by atoms with van der Waals surface area (Å²) in [5.74, 6) is 0. The minimum Gasteiger partial charge on any atom is -0.353 e. The van der Waals surface area contributed by atoms with E-state index in [0.717, 1.165) is 176 Å². The quantitative estimate of drug-likeness (QED) is 0.184. The molecule has 418 valence electrons. The molecule has 0 unspecified atom stereocenters. The largest absolute Gasteiger partial charge is 0.353 e. The van der Waals surface area contributed by atoms with Crippen LogP contribution in [0.3, 0.4) is 0 Å². The van der Waals surface area contributed by atoms with Crippen LogP contribution >= 0.6 is 0 Å². The zero-order valence-electron chi connectivity index (χ0n) is 50.7. The monoisotopic (exact) mass is 1130 g/mol. The molecule has 12 aromatic carbocycles. The smallest absolute Gasteiger partial charge is 0.0816 e. The van der Waals surface area contributed by atoms with Crippen LogP contribution in [0.2, 0.25) is 0 Å². The second-order valence-electron chi connectivity index (χ2n) is 25.4. The Hall–Kier alpha value is -10.7. The Morgan fingerprint density at radius 3 is 0.591 bits per heavy atom. The van der Waals surface area contributed by atoms with E-state index in [0.29, 0.717) is 0 Å². The first-order valence-corrected chi connectivity index (χ1v) is 30.8. The molecule has 0 radical (unpaired) electrons. The van der Waals surface area contributed by atoms with E-state index in [-0.39, 0.29) is 0 Å². The van der Waals surface area contributed by atoms with Crippen LogP contribution in [0, 0.1) is 55.4 Å². The maximum atomic E-state index is 6.33. The highest BCUT2D eigenvalue weighted by Crippen LogP contribution is 2.54. The van der Waals surface area contributed by atoms with Crippen molar-refractivity contribution in [3.63, 3.8) is 0 Å². The van der Waals surface area contributed by atoms with Crippen molar-refractivity contribution in [2.75, 3.05) is 0 Å². The number of aromatic amines is 2. The highest BCUT2D eigenvalue weighted by atomic mass is 14.8. The van der Waals surface area contributed by atoms with Crippen molar-refractivity contribution in [1.82, 2.24) is 19.9 Å². The van der Waals surface area contributed by atoms with Gasteiger partial charge in [0.2, 0.25) is 0 Å². The summed E-state index contributed by atoms with van der Waals surface area (Å²) in [6.07, 6.45) is 0. The van der Waals surface area contributed by atoms with Crippen LogP contribution in [0.5, 0.6) is 0 Å². The average Bonchev–Trinajstić information content (AvgIpc) is 1.59. The number of hydrogen-bond donors (Lipinski definition) is 2. The van der Waals surface area contributed by atoms with E-state index in [1.807, 2.05) is 0 Å². The molecule has 1 aliphatic carbocycles. The van der Waals surface area contributed by atoms with Crippen molar-refractivity contribution in [3.8, 4) is 89.5 Å². The summed E-state index contributed by atoms with van der Waals surface area (Å²) in [6, 6.07) is 82.6. The highest BCUT2D eigenvalue weighted by molar-refractivity contribution is 6.25. The van der Waals surface area contributed by atoms with Crippen LogP contribution in [-0.4, -0.2) is 19.9 Å². The fourth-order valence-electron chi connectivity index (χ4n) is 15.2. The SMILES string of the molecule is Cc1cc(C)cc(-c2c3nc(c(-c4cc(C)cc(C)c4)c4[nH]c(c(-c5cc(C)cc(C)c5)c5nc(c(-c6cc(C)cc(C)c6)c6[nH]c2c2cc7ccccc7cc62)-c2cc6ccccc6cc2-5)c2cc5ccccc5cc42)-c2cc4ccccc4cc2-3)c1. The first-order valence-electron chi connectivity index (χ1n) is 30.8. The molecule has 17 rings (SSSR count). The van der Waals surface area contributed by atoms with E-state index in [1.54, 1.807) is 0 Å². The van der Waals surface area contributed by atoms with E-state index in [4.69, 9.17) is 9.97 Å². The van der Waals surface area contributed by atoms with Gasteiger partial charge in [-0.05, 0) is 169 Å². The van der Waals surface area contributed by atoms with Crippen LogP contribution < -0.4 is 0 Å². The molecule has 88 heavy (non-hydrogen) atoms. The first kappa shape index (κ1) is 51.7. The molecule has 0 amide bonds. The number of nitrogens with one attached hydrogen (secondary N) is 2. The minimum atomic E-state index is 0.917. The van der Waals surface area contributed by atoms with Crippen LogP contribution in [0.1, 0.15) is 44.5 Å². The molecule has 0 fully saturated rings. The Bertz CT molecular complexity index is 5010. The second-order valence-corrected chi connectivity index (χ2v) is 25.4. The predicted molar refractivity (Wildman–Crippen MR) is 375 cm³/mol. The Morgan fingerprint density at radius 2 is 0.398 bits per heavy atom. The lowest BCUT2D eigenvalue weighted by atomic mass is 9.90. The van der Waals surface area contributed by atoms with E-state index >= 15 is 0 Å². The van der Waals surface area contributed by atoms with Gasteiger partial charge in [0.25, 0.3) is 0 Å². The van der Waals surface area contributed by atoms with Crippen LogP contribution in [0.15, 0.2) is 218 Å². The summed E-state index contributed by atoms with van der Waals surface area (Å²) in [6.45, 7) is 17.8. The molecule has 4 heteroatoms. The number of benzene rings is 12. The average molecular weight is 1130 g/mol. The van der Waals surface area contributed by atoms with Gasteiger partial charge in [-0.1, -0.05) is 214 Å². The maximum absolute atomic E-state index is 6.33. The van der Waals surface area contributed by atoms with Crippen molar-refractivity contribution in [2.45, 2.75) is 55.4 Å². The summed E-state index contributed by atoms with van der Waals surface area (Å²) in [5.41, 5.74) is 30.0. The molecular formula is C84H62N4. The van der Waals surface area contributed by atoms with Gasteiger partial charge in [0.05, 0.1) is 44.8 Å². The van der Waals surface area contributed by atoms with Crippen LogP contribution in [0.25, 0.3) is 176 Å². The molecule has 0 saturated carbocycles. The maximum Gasteiger partial charge on any atom is 0.0816 e. The summed E-state index contributed by atoms with van der Waals surface area (Å²) in [4.78, 5) is 21.5. The van der Waals surface area contributed by atoms with Crippen molar-refractivity contribution in [1.29, 1.82) is 0 Å². The van der Waals surface area contributed by atoms with Crippen molar-refractivity contribution >= 4 is 86.7 Å². The number of aryl methyl sites for hydroxylation is 8. The zero-order chi connectivity index (χ0) is 59.4. The van der Waals surface area contributed by atoms with Crippen LogP contribution in [0.4, 0.5) is 0 Å². The number of fused-ring (bicyclic) bond motifs is 4. The Morgan fingerprint density at radius 1 is 0.216 bits per heavy atom. The third-order valence-corrected chi connectivity index (χ3v) is 18.6. The van der Waals surface area contributed by atoms with Gasteiger partial charge in [-0.3, -0.25) is 0 Å². The molecule has 2 aliphatic heterocycles. The number of nitrogens with zero attached hydrogens (tertiary/aromatic N) is 2. The molecule has 8 bridgehead atoms. The molecule has 2 N–H and O–H groups in total. The molecule has 4 heterocycles. The molecule has 2 aromatic heterocycles. The van der Waals surface area contributed by atoms with Gasteiger partial charge in [0, 0.05) is 66.1 Å². The zero-order valence-corrected chi connectivity index (χ0v) is 50.7. The molecule has 0 spiro atoms. The van der Waals surface area contributed by atoms with Crippen molar-refractivity contribution in [3.05, 3.63) is 263 Å². The van der Waals surface area contributed by atoms with Crippen molar-refractivity contribution in [2.24, 2.45) is 0 Å². The van der Waals surface area contributed by atoms with E-state index in [9.17, 15) is 0 Å². The highest BCUT2D eigenvalue weighted by Gasteiger charge is 2.32. The second kappa shape index (κ2) is 19.4. The fourth-order valence-corrected chi connectivity index (χ4v) is 15.2. The molecule has 3 aliphatic rings. The lowest BCUT2D eigenvalue weighted by molar-refractivity contribution is 1.36. The first-order chi connectivity index (χ1) is 42.8. The predicted octanol–water partition coefficient (Wildman–Crippen LogP) is 23.0. The van der Waals surface area contributed by atoms with E-state index < -0.39 is 0 Å². The fraction of sp³-hybridized carbons (Fsp3) is 0.0952. The standard InChI is InChI=1S/C84H62N4/c1-45-25-46(2)30-61(29-45)73-77-65-37-53-17-9-11-19-55(53)39-67(65)79(85-77)74(62-31-47(3)26-48(4)32-62)81-69-41-57-21-13-15-23-59(57)43-71(69)83(87-81)76(64-35-51(7)28-52(8)36-64)84-72-44-60-24-16-14-22-58(60)42-70(72)82(88-84)75(63-33-49(5)27-50(6)34-63)80-68-40-56-20-12-10-18-54(56)38-66(68)78(73)86-80/h9-44,85,88H,1-8H3. The summed E-state index contributed by atoms with van der Waals surface area (Å²) >= 11 is 0. The van der Waals surface area contributed by atoms with Gasteiger partial charge in [-0.15, -0.1) is 0 Å². The Balaban J connectivity index is 1.25. The van der Waals surface area contributed by atoms with Gasteiger partial charge < -0.3 is 9.97 Å². The molecule has 0 atom stereocenters. The summed E-state index contributed by atoms with van der Waals surface area (Å²) in [5, 5.41) is 13.7. The Labute approximate surface area is 511 Å². The van der Waals surface area contributed by atoms with Gasteiger partial charge in [-0.2, -0.15) is 0 Å². The number of aromatic nitrogens is 4. The Kier molecular flexibility index (Phi) is 11.4. The topological polar surface area (TPSA) is 57.4 Å². The minimum absolute atomic E-state index is 0.917. The third-order valence-electron chi connectivity index (χ3n) is 18.6. The van der Waals surface area contributed by atoms with E-state index in [1.165, 1.54) is 44.5 Å². The number of rotatable bonds is 4. The third kappa shape index (κ3) is 8.19. The molecular weight excluding hydrogens is 1060 g/mol.